The minimum Gasteiger partial charge on any atom is -0.466 e. The van der Waals surface area contributed by atoms with Crippen molar-refractivity contribution in [3.8, 4) is 0 Å². The molecule has 0 unspecified atom stereocenters. The molecule has 0 bridgehead atoms. The molecular formula is C20H35BrN2O4. The standard InChI is InChI=1S/C20H35BrN2O4/c1-2-3-4-5-6-7-8-9-10-11-14-27-19(25)15-17-20(26)22-12-13-23(17)18(24)16-21/h17H,2-16H2,1H3,(H,22,26)/t17-/m0/s1. The summed E-state index contributed by atoms with van der Waals surface area (Å²) in [6.45, 7) is 3.46. The first-order valence-electron chi connectivity index (χ1n) is 10.4. The fourth-order valence-electron chi connectivity index (χ4n) is 3.29. The van der Waals surface area contributed by atoms with Crippen LogP contribution in [0.5, 0.6) is 0 Å². The van der Waals surface area contributed by atoms with E-state index in [-0.39, 0.29) is 23.6 Å². The molecule has 1 heterocycles. The molecule has 0 radical (unpaired) electrons. The van der Waals surface area contributed by atoms with Gasteiger partial charge in [0.1, 0.15) is 6.04 Å². The van der Waals surface area contributed by atoms with Crippen molar-refractivity contribution < 1.29 is 19.1 Å². The molecule has 156 valence electrons. The van der Waals surface area contributed by atoms with Crippen molar-refractivity contribution in [1.82, 2.24) is 10.2 Å². The van der Waals surface area contributed by atoms with Crippen LogP contribution in [0.1, 0.15) is 77.6 Å². The van der Waals surface area contributed by atoms with Gasteiger partial charge < -0.3 is 15.0 Å². The number of amides is 2. The molecule has 1 rings (SSSR count). The number of rotatable bonds is 14. The molecule has 27 heavy (non-hydrogen) atoms. The molecular weight excluding hydrogens is 412 g/mol. The predicted molar refractivity (Wildman–Crippen MR) is 110 cm³/mol. The molecule has 1 atom stereocenters. The summed E-state index contributed by atoms with van der Waals surface area (Å²) in [4.78, 5) is 37.4. The summed E-state index contributed by atoms with van der Waals surface area (Å²) in [7, 11) is 0. The average Bonchev–Trinajstić information content (AvgIpc) is 2.67. The number of nitrogens with zero attached hydrogens (tertiary/aromatic N) is 1. The molecule has 6 nitrogen and oxygen atoms in total. The van der Waals surface area contributed by atoms with Crippen LogP contribution in [-0.2, 0) is 19.1 Å². The third kappa shape index (κ3) is 10.1. The third-order valence-corrected chi connectivity index (χ3v) is 5.37. The predicted octanol–water partition coefficient (Wildman–Crippen LogP) is 3.56. The van der Waals surface area contributed by atoms with Gasteiger partial charge in [0.2, 0.25) is 11.8 Å². The first-order chi connectivity index (χ1) is 13.1. The third-order valence-electron chi connectivity index (χ3n) is 4.89. The second kappa shape index (κ2) is 14.9. The Kier molecular flexibility index (Phi) is 13.2. The number of ether oxygens (including phenoxy) is 1. The largest absolute Gasteiger partial charge is 0.466 e. The molecule has 7 heteroatoms. The molecule has 0 aliphatic carbocycles. The van der Waals surface area contributed by atoms with Crippen molar-refractivity contribution in [2.45, 2.75) is 83.6 Å². The zero-order chi connectivity index (χ0) is 19.9. The summed E-state index contributed by atoms with van der Waals surface area (Å²) in [5.41, 5.74) is 0. The first kappa shape index (κ1) is 23.9. The molecule has 0 saturated carbocycles. The average molecular weight is 447 g/mol. The van der Waals surface area contributed by atoms with Crippen molar-refractivity contribution in [2.24, 2.45) is 0 Å². The number of nitrogens with one attached hydrogen (secondary N) is 1. The maximum atomic E-state index is 12.0. The van der Waals surface area contributed by atoms with E-state index in [1.54, 1.807) is 0 Å². The van der Waals surface area contributed by atoms with Gasteiger partial charge in [0, 0.05) is 13.1 Å². The van der Waals surface area contributed by atoms with E-state index in [1.165, 1.54) is 56.3 Å². The smallest absolute Gasteiger partial charge is 0.308 e. The van der Waals surface area contributed by atoms with Gasteiger partial charge in [-0.05, 0) is 6.42 Å². The van der Waals surface area contributed by atoms with Crippen molar-refractivity contribution in [1.29, 1.82) is 0 Å². The Morgan fingerprint density at radius 2 is 1.67 bits per heavy atom. The van der Waals surface area contributed by atoms with E-state index in [0.29, 0.717) is 19.7 Å². The van der Waals surface area contributed by atoms with E-state index in [0.717, 1.165) is 12.8 Å². The van der Waals surface area contributed by atoms with E-state index in [2.05, 4.69) is 28.2 Å². The van der Waals surface area contributed by atoms with Crippen LogP contribution in [0.4, 0.5) is 0 Å². The molecule has 1 fully saturated rings. The van der Waals surface area contributed by atoms with E-state index < -0.39 is 12.0 Å². The molecule has 0 aromatic rings. The van der Waals surface area contributed by atoms with E-state index >= 15 is 0 Å². The van der Waals surface area contributed by atoms with Crippen molar-refractivity contribution >= 4 is 33.7 Å². The van der Waals surface area contributed by atoms with E-state index in [9.17, 15) is 14.4 Å². The fourth-order valence-corrected chi connectivity index (χ4v) is 3.61. The summed E-state index contributed by atoms with van der Waals surface area (Å²) in [5.74, 6) is -0.885. The number of piperazine rings is 1. The Balaban J connectivity index is 2.10. The molecule has 1 saturated heterocycles. The Morgan fingerprint density at radius 1 is 1.07 bits per heavy atom. The summed E-state index contributed by atoms with van der Waals surface area (Å²) in [6.07, 6.45) is 12.2. The minimum absolute atomic E-state index is 0.0810. The van der Waals surface area contributed by atoms with E-state index in [1.807, 2.05) is 0 Å². The van der Waals surface area contributed by atoms with Gasteiger partial charge >= 0.3 is 5.97 Å². The van der Waals surface area contributed by atoms with Crippen molar-refractivity contribution in [3.63, 3.8) is 0 Å². The number of esters is 1. The van der Waals surface area contributed by atoms with Crippen LogP contribution < -0.4 is 5.32 Å². The summed E-state index contributed by atoms with van der Waals surface area (Å²) in [6, 6.07) is -0.760. The quantitative estimate of drug-likeness (QED) is 0.251. The van der Waals surface area contributed by atoms with Gasteiger partial charge in [-0.3, -0.25) is 14.4 Å². The van der Waals surface area contributed by atoms with Crippen molar-refractivity contribution in [2.75, 3.05) is 25.0 Å². The Bertz CT molecular complexity index is 459. The maximum Gasteiger partial charge on any atom is 0.308 e. The van der Waals surface area contributed by atoms with Crippen LogP contribution >= 0.6 is 15.9 Å². The van der Waals surface area contributed by atoms with Gasteiger partial charge in [0.05, 0.1) is 18.4 Å². The van der Waals surface area contributed by atoms with Crippen LogP contribution in [-0.4, -0.2) is 53.8 Å². The number of hydrogen-bond acceptors (Lipinski definition) is 4. The molecule has 2 amide bonds. The number of hydrogen-bond donors (Lipinski definition) is 1. The van der Waals surface area contributed by atoms with E-state index in [4.69, 9.17) is 4.74 Å². The highest BCUT2D eigenvalue weighted by Gasteiger charge is 2.34. The highest BCUT2D eigenvalue weighted by atomic mass is 79.9. The highest BCUT2D eigenvalue weighted by molar-refractivity contribution is 9.09. The lowest BCUT2D eigenvalue weighted by Gasteiger charge is -2.34. The molecule has 0 aromatic heterocycles. The fraction of sp³-hybridized carbons (Fsp3) is 0.850. The Labute approximate surface area is 171 Å². The number of alkyl halides is 1. The molecule has 1 aliphatic rings. The summed E-state index contributed by atoms with van der Waals surface area (Å²) >= 11 is 3.12. The van der Waals surface area contributed by atoms with Crippen molar-refractivity contribution in [3.05, 3.63) is 0 Å². The van der Waals surface area contributed by atoms with Gasteiger partial charge in [0.25, 0.3) is 0 Å². The molecule has 1 N–H and O–H groups in total. The summed E-state index contributed by atoms with van der Waals surface area (Å²) in [5, 5.41) is 2.85. The van der Waals surface area contributed by atoms with Gasteiger partial charge in [-0.25, -0.2) is 0 Å². The van der Waals surface area contributed by atoms with Crippen LogP contribution in [0, 0.1) is 0 Å². The van der Waals surface area contributed by atoms with Crippen LogP contribution in [0.2, 0.25) is 0 Å². The molecule has 0 spiro atoms. The second-order valence-electron chi connectivity index (χ2n) is 7.13. The van der Waals surface area contributed by atoms with Gasteiger partial charge in [0.15, 0.2) is 0 Å². The Hall–Kier alpha value is -1.11. The molecule has 1 aliphatic heterocycles. The Morgan fingerprint density at radius 3 is 2.26 bits per heavy atom. The van der Waals surface area contributed by atoms with Crippen LogP contribution in [0.15, 0.2) is 0 Å². The number of carbonyl (C=O) groups excluding carboxylic acids is 3. The first-order valence-corrected chi connectivity index (χ1v) is 11.5. The molecule has 0 aromatic carbocycles. The van der Waals surface area contributed by atoms with Crippen LogP contribution in [0.3, 0.4) is 0 Å². The lowest BCUT2D eigenvalue weighted by Crippen LogP contribution is -2.58. The minimum atomic E-state index is -0.760. The van der Waals surface area contributed by atoms with Gasteiger partial charge in [-0.1, -0.05) is 80.6 Å². The van der Waals surface area contributed by atoms with Gasteiger partial charge in [-0.15, -0.1) is 0 Å². The normalized spacial score (nSPS) is 16.9. The highest BCUT2D eigenvalue weighted by Crippen LogP contribution is 2.13. The zero-order valence-electron chi connectivity index (χ0n) is 16.6. The monoisotopic (exact) mass is 446 g/mol. The number of carbonyl (C=O) groups is 3. The number of unbranched alkanes of at least 4 members (excludes halogenated alkanes) is 9. The topological polar surface area (TPSA) is 75.7 Å². The lowest BCUT2D eigenvalue weighted by atomic mass is 10.1. The SMILES string of the molecule is CCCCCCCCCCCCOC(=O)C[C@H]1C(=O)NCCN1C(=O)CBr. The van der Waals surface area contributed by atoms with Gasteiger partial charge in [-0.2, -0.15) is 0 Å². The summed E-state index contributed by atoms with van der Waals surface area (Å²) < 4.78 is 5.26. The number of halogens is 1. The second-order valence-corrected chi connectivity index (χ2v) is 7.69. The van der Waals surface area contributed by atoms with Crippen LogP contribution in [0.25, 0.3) is 0 Å². The zero-order valence-corrected chi connectivity index (χ0v) is 18.2. The lowest BCUT2D eigenvalue weighted by molar-refractivity contribution is -0.151. The maximum absolute atomic E-state index is 12.0.